The second-order valence-corrected chi connectivity index (χ2v) is 5.84. The predicted molar refractivity (Wildman–Crippen MR) is 96.9 cm³/mol. The van der Waals surface area contributed by atoms with Gasteiger partial charge in [0.15, 0.2) is 0 Å². The molecule has 1 heterocycles. The molecule has 0 aliphatic rings. The molecule has 1 aromatic heterocycles. The number of nitrogens with two attached hydrogens (primary N) is 1. The van der Waals surface area contributed by atoms with Crippen LogP contribution >= 0.6 is 0 Å². The quantitative estimate of drug-likeness (QED) is 0.725. The van der Waals surface area contributed by atoms with Crippen LogP contribution in [0.25, 0.3) is 22.3 Å². The Kier molecular flexibility index (Phi) is 4.90. The monoisotopic (exact) mass is 351 g/mol. The molecule has 3 N–H and O–H groups in total. The number of aromatic nitrogens is 2. The first-order valence-corrected chi connectivity index (χ1v) is 8.08. The zero-order valence-corrected chi connectivity index (χ0v) is 13.8. The first-order valence-electron chi connectivity index (χ1n) is 8.08. The van der Waals surface area contributed by atoms with Crippen molar-refractivity contribution in [1.29, 1.82) is 0 Å². The lowest BCUT2D eigenvalue weighted by molar-refractivity contribution is -0.138. The molecule has 3 rings (SSSR count). The number of benzene rings is 2. The standard InChI is InChI=1S/C19H17N3O4/c20-14(19(25)26)10-11-16(23)22-17(12-6-2-1-3-7-12)21-15-9-5-4-8-13(15)18(22)24/h1-9,14H,10-11,20H2,(H,25,26). The van der Waals surface area contributed by atoms with Gasteiger partial charge in [0.05, 0.1) is 10.9 Å². The summed E-state index contributed by atoms with van der Waals surface area (Å²) in [4.78, 5) is 40.9. The number of fused-ring (bicyclic) bond motifs is 1. The molecule has 132 valence electrons. The van der Waals surface area contributed by atoms with E-state index < -0.39 is 23.5 Å². The molecule has 0 bridgehead atoms. The highest BCUT2D eigenvalue weighted by molar-refractivity contribution is 5.88. The summed E-state index contributed by atoms with van der Waals surface area (Å²) in [5.74, 6) is -1.50. The number of rotatable bonds is 5. The van der Waals surface area contributed by atoms with Crippen LogP contribution in [0.4, 0.5) is 0 Å². The summed E-state index contributed by atoms with van der Waals surface area (Å²) in [6.07, 6.45) is -0.241. The maximum absolute atomic E-state index is 12.9. The SMILES string of the molecule is NC(CCC(=O)n1c(-c2ccccc2)nc2ccccc2c1=O)C(=O)O. The normalized spacial score (nSPS) is 12.0. The third kappa shape index (κ3) is 3.38. The molecule has 0 saturated carbocycles. The molecule has 2 aromatic carbocycles. The van der Waals surface area contributed by atoms with Crippen LogP contribution in [0.1, 0.15) is 17.6 Å². The summed E-state index contributed by atoms with van der Waals surface area (Å²) in [6, 6.07) is 14.5. The maximum atomic E-state index is 12.9. The van der Waals surface area contributed by atoms with Crippen LogP contribution in [0.3, 0.4) is 0 Å². The van der Waals surface area contributed by atoms with E-state index in [4.69, 9.17) is 10.8 Å². The van der Waals surface area contributed by atoms with Gasteiger partial charge >= 0.3 is 5.97 Å². The maximum Gasteiger partial charge on any atom is 0.320 e. The lowest BCUT2D eigenvalue weighted by atomic mass is 10.1. The lowest BCUT2D eigenvalue weighted by Gasteiger charge is -2.13. The van der Waals surface area contributed by atoms with Gasteiger partial charge in [0.25, 0.3) is 5.56 Å². The molecular formula is C19H17N3O4. The summed E-state index contributed by atoms with van der Waals surface area (Å²) in [5.41, 5.74) is 6.09. The van der Waals surface area contributed by atoms with E-state index in [2.05, 4.69) is 4.98 Å². The molecule has 0 spiro atoms. The number of aliphatic carboxylic acids is 1. The van der Waals surface area contributed by atoms with Gasteiger partial charge in [-0.05, 0) is 18.6 Å². The molecule has 0 fully saturated rings. The molecule has 26 heavy (non-hydrogen) atoms. The fraction of sp³-hybridized carbons (Fsp3) is 0.158. The van der Waals surface area contributed by atoms with Gasteiger partial charge in [0, 0.05) is 12.0 Å². The number of carbonyl (C=O) groups is 2. The largest absolute Gasteiger partial charge is 0.480 e. The van der Waals surface area contributed by atoms with Crippen molar-refractivity contribution in [2.24, 2.45) is 5.73 Å². The number of carboxylic acids is 1. The van der Waals surface area contributed by atoms with Crippen molar-refractivity contribution in [2.75, 3.05) is 0 Å². The molecule has 0 aliphatic heterocycles. The van der Waals surface area contributed by atoms with Crippen molar-refractivity contribution >= 4 is 22.8 Å². The zero-order valence-electron chi connectivity index (χ0n) is 13.8. The average Bonchev–Trinajstić information content (AvgIpc) is 2.66. The van der Waals surface area contributed by atoms with Gasteiger partial charge in [-0.1, -0.05) is 42.5 Å². The van der Waals surface area contributed by atoms with E-state index in [1.807, 2.05) is 6.07 Å². The Morgan fingerprint density at radius 1 is 1.08 bits per heavy atom. The zero-order chi connectivity index (χ0) is 18.7. The second kappa shape index (κ2) is 7.28. The van der Waals surface area contributed by atoms with Crippen LogP contribution in [0.2, 0.25) is 0 Å². The van der Waals surface area contributed by atoms with E-state index in [1.54, 1.807) is 48.5 Å². The Morgan fingerprint density at radius 3 is 2.42 bits per heavy atom. The number of hydrogen-bond acceptors (Lipinski definition) is 5. The Hall–Kier alpha value is -3.32. The highest BCUT2D eigenvalue weighted by Gasteiger charge is 2.20. The van der Waals surface area contributed by atoms with Crippen LogP contribution in [0.5, 0.6) is 0 Å². The molecule has 0 aliphatic carbocycles. The lowest BCUT2D eigenvalue weighted by Crippen LogP contribution is -2.34. The minimum absolute atomic E-state index is 0.0678. The summed E-state index contributed by atoms with van der Waals surface area (Å²) in [7, 11) is 0. The molecule has 7 heteroatoms. The summed E-state index contributed by atoms with van der Waals surface area (Å²) < 4.78 is 1.01. The van der Waals surface area contributed by atoms with E-state index in [0.717, 1.165) is 4.57 Å². The minimum atomic E-state index is -1.19. The van der Waals surface area contributed by atoms with Crippen LogP contribution in [0.15, 0.2) is 59.4 Å². The van der Waals surface area contributed by atoms with Gasteiger partial charge in [0.1, 0.15) is 11.9 Å². The van der Waals surface area contributed by atoms with Gasteiger partial charge < -0.3 is 10.8 Å². The highest BCUT2D eigenvalue weighted by atomic mass is 16.4. The molecular weight excluding hydrogens is 334 g/mol. The first-order chi connectivity index (χ1) is 12.5. The molecule has 7 nitrogen and oxygen atoms in total. The van der Waals surface area contributed by atoms with Crippen molar-refractivity contribution in [3.63, 3.8) is 0 Å². The minimum Gasteiger partial charge on any atom is -0.480 e. The first kappa shape index (κ1) is 17.5. The van der Waals surface area contributed by atoms with Crippen molar-refractivity contribution in [2.45, 2.75) is 18.9 Å². The number of carbonyl (C=O) groups excluding carboxylic acids is 1. The molecule has 0 amide bonds. The van der Waals surface area contributed by atoms with Crippen molar-refractivity contribution < 1.29 is 14.7 Å². The van der Waals surface area contributed by atoms with E-state index in [9.17, 15) is 14.4 Å². The van der Waals surface area contributed by atoms with Gasteiger partial charge in [-0.15, -0.1) is 0 Å². The van der Waals surface area contributed by atoms with Crippen molar-refractivity contribution in [3.05, 3.63) is 65.0 Å². The van der Waals surface area contributed by atoms with Gasteiger partial charge in [-0.25, -0.2) is 9.55 Å². The van der Waals surface area contributed by atoms with Crippen molar-refractivity contribution in [1.82, 2.24) is 9.55 Å². The van der Waals surface area contributed by atoms with E-state index in [0.29, 0.717) is 16.5 Å². The topological polar surface area (TPSA) is 115 Å². The van der Waals surface area contributed by atoms with Crippen LogP contribution in [-0.4, -0.2) is 32.6 Å². The summed E-state index contributed by atoms with van der Waals surface area (Å²) in [6.45, 7) is 0. The van der Waals surface area contributed by atoms with Crippen molar-refractivity contribution in [3.8, 4) is 11.4 Å². The third-order valence-corrected chi connectivity index (χ3v) is 4.04. The Morgan fingerprint density at radius 2 is 1.73 bits per heavy atom. The average molecular weight is 351 g/mol. The van der Waals surface area contributed by atoms with Gasteiger partial charge in [-0.3, -0.25) is 14.4 Å². The van der Waals surface area contributed by atoms with Gasteiger partial charge in [0.2, 0.25) is 5.91 Å². The summed E-state index contributed by atoms with van der Waals surface area (Å²) in [5, 5.41) is 9.20. The van der Waals surface area contributed by atoms with E-state index >= 15 is 0 Å². The third-order valence-electron chi connectivity index (χ3n) is 4.04. The Labute approximate surface area is 148 Å². The molecule has 3 aromatic rings. The molecule has 1 unspecified atom stereocenters. The molecule has 1 atom stereocenters. The number of carboxylic acid groups (broad SMARTS) is 1. The number of nitrogens with zero attached hydrogens (tertiary/aromatic N) is 2. The van der Waals surface area contributed by atoms with Crippen LogP contribution < -0.4 is 11.3 Å². The van der Waals surface area contributed by atoms with E-state index in [1.165, 1.54) is 0 Å². The summed E-state index contributed by atoms with van der Waals surface area (Å²) >= 11 is 0. The molecule has 0 radical (unpaired) electrons. The number of hydrogen-bond donors (Lipinski definition) is 2. The highest BCUT2D eigenvalue weighted by Crippen LogP contribution is 2.19. The van der Waals surface area contributed by atoms with Gasteiger partial charge in [-0.2, -0.15) is 0 Å². The van der Waals surface area contributed by atoms with E-state index in [-0.39, 0.29) is 18.7 Å². The van der Waals surface area contributed by atoms with Crippen LogP contribution in [-0.2, 0) is 4.79 Å². The second-order valence-electron chi connectivity index (χ2n) is 5.84. The van der Waals surface area contributed by atoms with Crippen LogP contribution in [0, 0.1) is 0 Å². The Balaban J connectivity index is 2.13. The smallest absolute Gasteiger partial charge is 0.320 e. The fourth-order valence-electron chi connectivity index (χ4n) is 2.66. The number of para-hydroxylation sites is 1. The predicted octanol–water partition coefficient (Wildman–Crippen LogP) is 1.90. The fourth-order valence-corrected chi connectivity index (χ4v) is 2.66. The molecule has 0 saturated heterocycles. The Bertz CT molecular complexity index is 1030.